The highest BCUT2D eigenvalue weighted by Gasteiger charge is 2.10. The quantitative estimate of drug-likeness (QED) is 0.496. The highest BCUT2D eigenvalue weighted by molar-refractivity contribution is 6.08. The van der Waals surface area contributed by atoms with E-state index >= 15 is 0 Å². The van der Waals surface area contributed by atoms with Gasteiger partial charge in [0.1, 0.15) is 23.7 Å². The van der Waals surface area contributed by atoms with Crippen molar-refractivity contribution < 1.29 is 0 Å². The fraction of sp³-hybridized carbons (Fsp3) is 0.0833. The largest absolute Gasteiger partial charge is 0.350 e. The van der Waals surface area contributed by atoms with E-state index in [9.17, 15) is 0 Å². The van der Waals surface area contributed by atoms with E-state index in [1.54, 1.807) is 12.7 Å². The van der Waals surface area contributed by atoms with Gasteiger partial charge in [0.2, 0.25) is 0 Å². The molecule has 0 amide bonds. The van der Waals surface area contributed by atoms with Crippen LogP contribution in [0.5, 0.6) is 0 Å². The number of benzene rings is 1. The van der Waals surface area contributed by atoms with E-state index in [1.165, 1.54) is 5.56 Å². The average molecular weight is 223 g/mol. The Morgan fingerprint density at radius 2 is 2.18 bits per heavy atom. The molecule has 3 aromatic heterocycles. The van der Waals surface area contributed by atoms with Crippen LogP contribution < -0.4 is 0 Å². The summed E-state index contributed by atoms with van der Waals surface area (Å²) in [5.41, 5.74) is 4.99. The molecule has 5 nitrogen and oxygen atoms in total. The molecule has 0 aliphatic heterocycles. The van der Waals surface area contributed by atoms with Crippen LogP contribution in [0, 0.1) is 6.92 Å². The molecular formula is C12H9N5. The Balaban J connectivity index is 2.33. The third-order valence-corrected chi connectivity index (χ3v) is 3.03. The summed E-state index contributed by atoms with van der Waals surface area (Å²) in [5, 5.41) is 9.13. The van der Waals surface area contributed by atoms with Crippen LogP contribution in [0.1, 0.15) is 5.56 Å². The van der Waals surface area contributed by atoms with Gasteiger partial charge in [-0.05, 0) is 19.1 Å². The second-order valence-electron chi connectivity index (χ2n) is 4.20. The number of aromatic nitrogens is 5. The molecule has 0 atom stereocenters. The second-order valence-corrected chi connectivity index (χ2v) is 4.20. The van der Waals surface area contributed by atoms with Crippen molar-refractivity contribution in [2.45, 2.75) is 6.92 Å². The van der Waals surface area contributed by atoms with Gasteiger partial charge in [-0.2, -0.15) is 0 Å². The van der Waals surface area contributed by atoms with E-state index in [-0.39, 0.29) is 0 Å². The first kappa shape index (κ1) is 8.69. The Hall–Kier alpha value is -2.43. The van der Waals surface area contributed by atoms with Crippen LogP contribution in [-0.4, -0.2) is 24.6 Å². The molecule has 0 unspecified atom stereocenters. The van der Waals surface area contributed by atoms with Gasteiger partial charge in [-0.1, -0.05) is 11.6 Å². The normalized spacial score (nSPS) is 11.8. The van der Waals surface area contributed by atoms with Crippen molar-refractivity contribution >= 4 is 27.6 Å². The van der Waals surface area contributed by atoms with Crippen molar-refractivity contribution in [3.8, 4) is 0 Å². The highest BCUT2D eigenvalue weighted by atomic mass is 15.2. The van der Waals surface area contributed by atoms with E-state index in [2.05, 4.69) is 45.3 Å². The summed E-state index contributed by atoms with van der Waals surface area (Å²) in [5.74, 6) is 0. The van der Waals surface area contributed by atoms with E-state index in [0.717, 1.165) is 27.6 Å². The maximum absolute atomic E-state index is 4.46. The standard InChI is InChI=1S/C12H9N5/c1-7-2-3-9-8(4-7)10-11(15-9)12-16-14-6-17(12)5-13-10/h2-6,15H,1H3. The molecule has 0 spiro atoms. The summed E-state index contributed by atoms with van der Waals surface area (Å²) < 4.78 is 1.81. The summed E-state index contributed by atoms with van der Waals surface area (Å²) in [6.45, 7) is 2.08. The van der Waals surface area contributed by atoms with Gasteiger partial charge in [-0.15, -0.1) is 10.2 Å². The minimum atomic E-state index is 0.809. The Bertz CT molecular complexity index is 855. The van der Waals surface area contributed by atoms with E-state index < -0.39 is 0 Å². The first-order valence-electron chi connectivity index (χ1n) is 5.39. The zero-order valence-corrected chi connectivity index (χ0v) is 9.18. The monoisotopic (exact) mass is 223 g/mol. The molecule has 0 fully saturated rings. The number of aryl methyl sites for hydroxylation is 1. The number of nitrogens with one attached hydrogen (secondary N) is 1. The van der Waals surface area contributed by atoms with Gasteiger partial charge in [-0.25, -0.2) is 4.98 Å². The van der Waals surface area contributed by atoms with E-state index in [0.29, 0.717) is 0 Å². The number of aromatic amines is 1. The first-order valence-corrected chi connectivity index (χ1v) is 5.39. The molecule has 1 aromatic carbocycles. The molecule has 0 saturated carbocycles. The molecule has 4 aromatic rings. The second kappa shape index (κ2) is 2.82. The van der Waals surface area contributed by atoms with Crippen LogP contribution >= 0.6 is 0 Å². The predicted molar refractivity (Wildman–Crippen MR) is 64.9 cm³/mol. The lowest BCUT2D eigenvalue weighted by atomic mass is 10.2. The Morgan fingerprint density at radius 3 is 3.12 bits per heavy atom. The molecule has 4 rings (SSSR count). The third-order valence-electron chi connectivity index (χ3n) is 3.03. The molecule has 17 heavy (non-hydrogen) atoms. The third kappa shape index (κ3) is 1.05. The minimum absolute atomic E-state index is 0.809. The molecule has 0 aliphatic rings. The maximum atomic E-state index is 4.46. The molecule has 3 heterocycles. The van der Waals surface area contributed by atoms with Crippen LogP contribution in [0.2, 0.25) is 0 Å². The number of nitrogens with zero attached hydrogens (tertiary/aromatic N) is 4. The van der Waals surface area contributed by atoms with Gasteiger partial charge in [0.25, 0.3) is 0 Å². The lowest BCUT2D eigenvalue weighted by Gasteiger charge is -1.93. The summed E-state index contributed by atoms with van der Waals surface area (Å²) in [6.07, 6.45) is 3.39. The number of rotatable bonds is 0. The Labute approximate surface area is 96.1 Å². The Morgan fingerprint density at radius 1 is 1.24 bits per heavy atom. The predicted octanol–water partition coefficient (Wildman–Crippen LogP) is 2.07. The van der Waals surface area contributed by atoms with E-state index in [4.69, 9.17) is 0 Å². The number of H-pyrrole nitrogens is 1. The van der Waals surface area contributed by atoms with Crippen molar-refractivity contribution in [3.63, 3.8) is 0 Å². The van der Waals surface area contributed by atoms with Gasteiger partial charge < -0.3 is 4.98 Å². The minimum Gasteiger partial charge on any atom is -0.350 e. The number of fused-ring (bicyclic) bond motifs is 5. The van der Waals surface area contributed by atoms with Crippen molar-refractivity contribution in [3.05, 3.63) is 36.4 Å². The number of hydrogen-bond acceptors (Lipinski definition) is 3. The fourth-order valence-corrected chi connectivity index (χ4v) is 2.21. The van der Waals surface area contributed by atoms with Crippen molar-refractivity contribution in [2.24, 2.45) is 0 Å². The summed E-state index contributed by atoms with van der Waals surface area (Å²) in [4.78, 5) is 7.81. The molecule has 0 saturated heterocycles. The van der Waals surface area contributed by atoms with Gasteiger partial charge in [0.15, 0.2) is 5.65 Å². The van der Waals surface area contributed by atoms with Gasteiger partial charge in [-0.3, -0.25) is 4.40 Å². The topological polar surface area (TPSA) is 58.9 Å². The first-order chi connectivity index (χ1) is 8.33. The average Bonchev–Trinajstić information content (AvgIpc) is 2.91. The molecular weight excluding hydrogens is 214 g/mol. The van der Waals surface area contributed by atoms with Crippen LogP contribution in [0.25, 0.3) is 27.6 Å². The van der Waals surface area contributed by atoms with Crippen LogP contribution in [0.4, 0.5) is 0 Å². The van der Waals surface area contributed by atoms with Gasteiger partial charge >= 0.3 is 0 Å². The lowest BCUT2D eigenvalue weighted by molar-refractivity contribution is 1.08. The zero-order chi connectivity index (χ0) is 11.4. The van der Waals surface area contributed by atoms with Crippen LogP contribution in [0.3, 0.4) is 0 Å². The van der Waals surface area contributed by atoms with Gasteiger partial charge in [0.05, 0.1) is 0 Å². The van der Waals surface area contributed by atoms with Crippen LogP contribution in [-0.2, 0) is 0 Å². The summed E-state index contributed by atoms with van der Waals surface area (Å²) in [7, 11) is 0. The van der Waals surface area contributed by atoms with Crippen molar-refractivity contribution in [2.75, 3.05) is 0 Å². The highest BCUT2D eigenvalue weighted by Crippen LogP contribution is 2.26. The molecule has 0 bridgehead atoms. The SMILES string of the molecule is Cc1ccc2[nH]c3c(ncn4cnnc34)c2c1. The van der Waals surface area contributed by atoms with Crippen molar-refractivity contribution in [1.82, 2.24) is 24.6 Å². The lowest BCUT2D eigenvalue weighted by Crippen LogP contribution is -1.86. The van der Waals surface area contributed by atoms with Crippen molar-refractivity contribution in [1.29, 1.82) is 0 Å². The molecule has 1 N–H and O–H groups in total. The van der Waals surface area contributed by atoms with Crippen LogP contribution in [0.15, 0.2) is 30.9 Å². The molecule has 0 aliphatic carbocycles. The molecule has 5 heteroatoms. The van der Waals surface area contributed by atoms with Gasteiger partial charge in [0, 0.05) is 10.9 Å². The smallest absolute Gasteiger partial charge is 0.187 e. The molecule has 0 radical (unpaired) electrons. The molecule has 82 valence electrons. The number of hydrogen-bond donors (Lipinski definition) is 1. The summed E-state index contributed by atoms with van der Waals surface area (Å²) >= 11 is 0. The van der Waals surface area contributed by atoms with E-state index in [1.807, 2.05) is 4.40 Å². The fourth-order valence-electron chi connectivity index (χ4n) is 2.21. The summed E-state index contributed by atoms with van der Waals surface area (Å²) in [6, 6.07) is 6.28. The zero-order valence-electron chi connectivity index (χ0n) is 9.18. The maximum Gasteiger partial charge on any atom is 0.187 e. The Kier molecular flexibility index (Phi) is 1.44.